The molecule has 1 aromatic heterocycles. The third-order valence-electron chi connectivity index (χ3n) is 3.50. The lowest BCUT2D eigenvalue weighted by molar-refractivity contribution is 0.174. The first-order valence-corrected chi connectivity index (χ1v) is 8.24. The smallest absolute Gasteiger partial charge is 0.325 e. The molecule has 1 aliphatic heterocycles. The van der Waals surface area contributed by atoms with Crippen LogP contribution < -0.4 is 20.1 Å². The molecule has 4 rings (SSSR count). The van der Waals surface area contributed by atoms with E-state index in [1.807, 2.05) is 23.6 Å². The number of carbonyl (C=O) groups excluding carboxylic acids is 1. The van der Waals surface area contributed by atoms with Gasteiger partial charge in [0.25, 0.3) is 0 Å². The summed E-state index contributed by atoms with van der Waals surface area (Å²) >= 11 is 1.30. The molecule has 8 heteroatoms. The van der Waals surface area contributed by atoms with Gasteiger partial charge < -0.3 is 14.8 Å². The summed E-state index contributed by atoms with van der Waals surface area (Å²) in [4.78, 5) is 16.4. The molecule has 0 aliphatic carbocycles. The van der Waals surface area contributed by atoms with Crippen LogP contribution in [0, 0.1) is 5.82 Å². The number of carbonyl (C=O) groups is 1. The zero-order valence-corrected chi connectivity index (χ0v) is 13.6. The number of halogens is 1. The van der Waals surface area contributed by atoms with E-state index in [0.29, 0.717) is 22.3 Å². The highest BCUT2D eigenvalue weighted by atomic mass is 32.1. The number of aromatic nitrogens is 1. The second-order valence-electron chi connectivity index (χ2n) is 5.19. The fourth-order valence-electron chi connectivity index (χ4n) is 2.31. The molecule has 0 unspecified atom stereocenters. The number of ether oxygens (including phenoxy) is 2. The average molecular weight is 357 g/mol. The van der Waals surface area contributed by atoms with Crippen LogP contribution in [-0.4, -0.2) is 17.8 Å². The highest BCUT2D eigenvalue weighted by molar-refractivity contribution is 7.14. The Balaban J connectivity index is 1.44. The van der Waals surface area contributed by atoms with Crippen molar-refractivity contribution in [1.29, 1.82) is 0 Å². The molecule has 0 saturated carbocycles. The standard InChI is InChI=1S/C17H12FN3O3S/c18-11-2-4-12(5-3-11)19-16(22)21-17-20-13(8-25-17)10-1-6-14-15(7-10)24-9-23-14/h1-8H,9H2,(H2,19,20,21,22). The van der Waals surface area contributed by atoms with Gasteiger partial charge in [-0.15, -0.1) is 11.3 Å². The molecule has 0 radical (unpaired) electrons. The van der Waals surface area contributed by atoms with Crippen LogP contribution in [0.25, 0.3) is 11.3 Å². The Morgan fingerprint density at radius 2 is 1.88 bits per heavy atom. The summed E-state index contributed by atoms with van der Waals surface area (Å²) < 4.78 is 23.5. The summed E-state index contributed by atoms with van der Waals surface area (Å²) in [5, 5.41) is 7.56. The van der Waals surface area contributed by atoms with Gasteiger partial charge in [0.2, 0.25) is 6.79 Å². The molecule has 0 atom stereocenters. The van der Waals surface area contributed by atoms with Gasteiger partial charge >= 0.3 is 6.03 Å². The van der Waals surface area contributed by atoms with E-state index in [1.165, 1.54) is 35.6 Å². The Morgan fingerprint density at radius 3 is 2.72 bits per heavy atom. The van der Waals surface area contributed by atoms with Crippen molar-refractivity contribution in [1.82, 2.24) is 4.98 Å². The predicted octanol–water partition coefficient (Wildman–Crippen LogP) is 4.32. The van der Waals surface area contributed by atoms with Crippen molar-refractivity contribution in [2.24, 2.45) is 0 Å². The van der Waals surface area contributed by atoms with Gasteiger partial charge in [0.15, 0.2) is 16.6 Å². The molecule has 0 spiro atoms. The first kappa shape index (κ1) is 15.4. The van der Waals surface area contributed by atoms with Crippen LogP contribution in [0.3, 0.4) is 0 Å². The number of nitrogens with one attached hydrogen (secondary N) is 2. The molecule has 6 nitrogen and oxygen atoms in total. The van der Waals surface area contributed by atoms with Crippen molar-refractivity contribution >= 4 is 28.2 Å². The Kier molecular flexibility index (Phi) is 3.95. The zero-order valence-electron chi connectivity index (χ0n) is 12.8. The van der Waals surface area contributed by atoms with Gasteiger partial charge in [-0.3, -0.25) is 5.32 Å². The molecular formula is C17H12FN3O3S. The maximum absolute atomic E-state index is 12.9. The Morgan fingerprint density at radius 1 is 1.08 bits per heavy atom. The number of urea groups is 1. The molecule has 2 heterocycles. The van der Waals surface area contributed by atoms with Crippen LogP contribution in [0.1, 0.15) is 0 Å². The first-order valence-electron chi connectivity index (χ1n) is 7.36. The SMILES string of the molecule is O=C(Nc1ccc(F)cc1)Nc1nc(-c2ccc3c(c2)OCO3)cs1. The van der Waals surface area contributed by atoms with E-state index in [2.05, 4.69) is 15.6 Å². The van der Waals surface area contributed by atoms with Gasteiger partial charge in [0.1, 0.15) is 5.82 Å². The number of rotatable bonds is 3. The maximum atomic E-state index is 12.9. The van der Waals surface area contributed by atoms with Crippen LogP contribution in [0.4, 0.5) is 20.0 Å². The third kappa shape index (κ3) is 3.38. The second-order valence-corrected chi connectivity index (χ2v) is 6.05. The first-order chi connectivity index (χ1) is 12.2. The second kappa shape index (κ2) is 6.40. The Hall–Kier alpha value is -3.13. The summed E-state index contributed by atoms with van der Waals surface area (Å²) in [6.45, 7) is 0.214. The molecule has 2 amide bonds. The molecule has 2 aromatic carbocycles. The number of benzene rings is 2. The number of hydrogen-bond donors (Lipinski definition) is 2. The minimum Gasteiger partial charge on any atom is -0.454 e. The maximum Gasteiger partial charge on any atom is 0.325 e. The summed E-state index contributed by atoms with van der Waals surface area (Å²) in [5.74, 6) is 1.02. The van der Waals surface area contributed by atoms with E-state index < -0.39 is 6.03 Å². The van der Waals surface area contributed by atoms with Gasteiger partial charge in [0.05, 0.1) is 5.69 Å². The molecule has 2 N–H and O–H groups in total. The van der Waals surface area contributed by atoms with Gasteiger partial charge in [-0.05, 0) is 42.5 Å². The van der Waals surface area contributed by atoms with Crippen LogP contribution >= 0.6 is 11.3 Å². The van der Waals surface area contributed by atoms with Gasteiger partial charge in [0, 0.05) is 16.6 Å². The number of amides is 2. The zero-order chi connectivity index (χ0) is 17.2. The van der Waals surface area contributed by atoms with E-state index in [4.69, 9.17) is 9.47 Å². The largest absolute Gasteiger partial charge is 0.454 e. The monoisotopic (exact) mass is 357 g/mol. The lowest BCUT2D eigenvalue weighted by Gasteiger charge is -2.05. The molecule has 0 fully saturated rings. The van der Waals surface area contributed by atoms with E-state index in [9.17, 15) is 9.18 Å². The molecule has 0 bridgehead atoms. The number of anilines is 2. The lowest BCUT2D eigenvalue weighted by Crippen LogP contribution is -2.19. The van der Waals surface area contributed by atoms with E-state index in [0.717, 1.165) is 11.3 Å². The Bertz CT molecular complexity index is 927. The van der Waals surface area contributed by atoms with Crippen LogP contribution in [0.15, 0.2) is 47.8 Å². The molecular weight excluding hydrogens is 345 g/mol. The summed E-state index contributed by atoms with van der Waals surface area (Å²) in [6.07, 6.45) is 0. The molecule has 3 aromatic rings. The highest BCUT2D eigenvalue weighted by Crippen LogP contribution is 2.36. The van der Waals surface area contributed by atoms with Crippen molar-refractivity contribution in [3.63, 3.8) is 0 Å². The molecule has 1 aliphatic rings. The van der Waals surface area contributed by atoms with Gasteiger partial charge in [-0.25, -0.2) is 14.2 Å². The van der Waals surface area contributed by atoms with E-state index in [-0.39, 0.29) is 12.6 Å². The molecule has 126 valence electrons. The summed E-state index contributed by atoms with van der Waals surface area (Å²) in [7, 11) is 0. The van der Waals surface area contributed by atoms with E-state index >= 15 is 0 Å². The van der Waals surface area contributed by atoms with Crippen molar-refractivity contribution in [2.75, 3.05) is 17.4 Å². The Labute approximate surface area is 146 Å². The van der Waals surface area contributed by atoms with Crippen LogP contribution in [0.2, 0.25) is 0 Å². The topological polar surface area (TPSA) is 72.5 Å². The predicted molar refractivity (Wildman–Crippen MR) is 92.7 cm³/mol. The van der Waals surface area contributed by atoms with Crippen molar-refractivity contribution in [3.05, 3.63) is 53.7 Å². The quantitative estimate of drug-likeness (QED) is 0.732. The summed E-state index contributed by atoms with van der Waals surface area (Å²) in [5.41, 5.74) is 2.08. The molecule has 25 heavy (non-hydrogen) atoms. The summed E-state index contributed by atoms with van der Waals surface area (Å²) in [6, 6.07) is 10.6. The van der Waals surface area contributed by atoms with Crippen molar-refractivity contribution < 1.29 is 18.7 Å². The lowest BCUT2D eigenvalue weighted by atomic mass is 10.1. The number of thiazole rings is 1. The highest BCUT2D eigenvalue weighted by Gasteiger charge is 2.15. The van der Waals surface area contributed by atoms with Gasteiger partial charge in [-0.1, -0.05) is 0 Å². The van der Waals surface area contributed by atoms with Crippen molar-refractivity contribution in [3.8, 4) is 22.8 Å². The van der Waals surface area contributed by atoms with Crippen LogP contribution in [0.5, 0.6) is 11.5 Å². The minimum atomic E-state index is -0.446. The minimum absolute atomic E-state index is 0.214. The normalized spacial score (nSPS) is 12.0. The number of hydrogen-bond acceptors (Lipinski definition) is 5. The molecule has 0 saturated heterocycles. The third-order valence-corrected chi connectivity index (χ3v) is 4.25. The van der Waals surface area contributed by atoms with Gasteiger partial charge in [-0.2, -0.15) is 0 Å². The van der Waals surface area contributed by atoms with E-state index in [1.54, 1.807) is 0 Å². The average Bonchev–Trinajstić information content (AvgIpc) is 3.25. The fourth-order valence-corrected chi connectivity index (χ4v) is 3.03. The number of nitrogens with zero attached hydrogens (tertiary/aromatic N) is 1. The fraction of sp³-hybridized carbons (Fsp3) is 0.0588. The van der Waals surface area contributed by atoms with Crippen LogP contribution in [-0.2, 0) is 0 Å². The number of fused-ring (bicyclic) bond motifs is 1. The van der Waals surface area contributed by atoms with Crippen molar-refractivity contribution in [2.45, 2.75) is 0 Å².